The lowest BCUT2D eigenvalue weighted by atomic mass is 10.2. The van der Waals surface area contributed by atoms with E-state index in [1.165, 1.54) is 18.2 Å². The summed E-state index contributed by atoms with van der Waals surface area (Å²) >= 11 is 0. The van der Waals surface area contributed by atoms with Gasteiger partial charge in [-0.05, 0) is 30.3 Å². The van der Waals surface area contributed by atoms with Gasteiger partial charge < -0.3 is 29.2 Å². The lowest BCUT2D eigenvalue weighted by Gasteiger charge is -2.09. The zero-order valence-corrected chi connectivity index (χ0v) is 17.8. The molecule has 0 aromatic heterocycles. The van der Waals surface area contributed by atoms with Crippen molar-refractivity contribution in [3.05, 3.63) is 54.1 Å². The Morgan fingerprint density at radius 3 is 2.00 bits per heavy atom. The third-order valence-corrected chi connectivity index (χ3v) is 5.73. The third-order valence-electron chi connectivity index (χ3n) is 4.04. The molecule has 31 heavy (non-hydrogen) atoms. The molecule has 0 aliphatic rings. The number of carboxylic acids is 1. The smallest absolute Gasteiger partial charge is 0.339 e. The SMILES string of the molecule is O=C(O)c1cc(OCCOCCOCCOCCS(=O)(=O)c2ccccc2)ccc1O. The Hall–Kier alpha value is -2.66. The normalized spacial score (nSPS) is 11.4. The maximum Gasteiger partial charge on any atom is 0.339 e. The molecule has 0 saturated carbocycles. The van der Waals surface area contributed by atoms with E-state index in [1.807, 2.05) is 0 Å². The summed E-state index contributed by atoms with van der Waals surface area (Å²) in [5, 5.41) is 18.4. The number of phenols is 1. The first-order valence-corrected chi connectivity index (χ1v) is 11.3. The molecule has 0 spiro atoms. The maximum atomic E-state index is 12.1. The van der Waals surface area contributed by atoms with Crippen LogP contribution in [0.15, 0.2) is 53.4 Å². The van der Waals surface area contributed by atoms with Crippen LogP contribution in [0.25, 0.3) is 0 Å². The van der Waals surface area contributed by atoms with E-state index in [4.69, 9.17) is 24.1 Å². The number of carboxylic acid groups (broad SMARTS) is 1. The van der Waals surface area contributed by atoms with Crippen LogP contribution in [0.1, 0.15) is 10.4 Å². The zero-order valence-electron chi connectivity index (χ0n) is 16.9. The summed E-state index contributed by atoms with van der Waals surface area (Å²) < 4.78 is 45.5. The second-order valence-electron chi connectivity index (χ2n) is 6.30. The molecule has 0 aliphatic carbocycles. The minimum atomic E-state index is -3.34. The summed E-state index contributed by atoms with van der Waals surface area (Å²) in [7, 11) is -3.34. The number of sulfone groups is 1. The minimum Gasteiger partial charge on any atom is -0.507 e. The number of benzene rings is 2. The van der Waals surface area contributed by atoms with Gasteiger partial charge in [0.2, 0.25) is 0 Å². The van der Waals surface area contributed by atoms with E-state index in [2.05, 4.69) is 0 Å². The van der Waals surface area contributed by atoms with E-state index in [1.54, 1.807) is 30.3 Å². The number of hydrogen-bond donors (Lipinski definition) is 2. The maximum absolute atomic E-state index is 12.1. The largest absolute Gasteiger partial charge is 0.507 e. The Morgan fingerprint density at radius 1 is 0.806 bits per heavy atom. The van der Waals surface area contributed by atoms with E-state index in [0.717, 1.165) is 0 Å². The molecule has 0 fully saturated rings. The number of hydrogen-bond acceptors (Lipinski definition) is 8. The Balaban J connectivity index is 1.46. The molecule has 2 N–H and O–H groups in total. The fraction of sp³-hybridized carbons (Fsp3) is 0.381. The highest BCUT2D eigenvalue weighted by Gasteiger charge is 2.13. The summed E-state index contributed by atoms with van der Waals surface area (Å²) in [5.41, 5.74) is -0.230. The lowest BCUT2D eigenvalue weighted by molar-refractivity contribution is 0.0116. The molecule has 10 heteroatoms. The van der Waals surface area contributed by atoms with Crippen LogP contribution in [0.4, 0.5) is 0 Å². The molecule has 2 aromatic rings. The molecular weight excluding hydrogens is 428 g/mol. The third kappa shape index (κ3) is 8.93. The number of rotatable bonds is 15. The van der Waals surface area contributed by atoms with Crippen LogP contribution in [0, 0.1) is 0 Å². The van der Waals surface area contributed by atoms with E-state index in [-0.39, 0.29) is 48.4 Å². The summed E-state index contributed by atoms with van der Waals surface area (Å²) in [5.74, 6) is -1.33. The van der Waals surface area contributed by atoms with E-state index in [9.17, 15) is 18.3 Å². The van der Waals surface area contributed by atoms with E-state index in [0.29, 0.717) is 25.6 Å². The van der Waals surface area contributed by atoms with Crippen LogP contribution in [-0.4, -0.2) is 76.6 Å². The first-order valence-electron chi connectivity index (χ1n) is 9.60. The van der Waals surface area contributed by atoms with Gasteiger partial charge in [0.1, 0.15) is 23.7 Å². The molecule has 0 atom stereocenters. The summed E-state index contributed by atoms with van der Waals surface area (Å²) in [6.07, 6.45) is 0. The topological polar surface area (TPSA) is 129 Å². The first-order chi connectivity index (χ1) is 14.9. The van der Waals surface area contributed by atoms with Gasteiger partial charge >= 0.3 is 5.97 Å². The predicted octanol–water partition coefficient (Wildman–Crippen LogP) is 1.99. The second kappa shape index (κ2) is 12.9. The summed E-state index contributed by atoms with van der Waals surface area (Å²) in [4.78, 5) is 11.2. The van der Waals surface area contributed by atoms with Gasteiger partial charge in [0, 0.05) is 0 Å². The predicted molar refractivity (Wildman–Crippen MR) is 112 cm³/mol. The van der Waals surface area contributed by atoms with Crippen LogP contribution in [0.5, 0.6) is 11.5 Å². The number of carbonyl (C=O) groups is 1. The number of aromatic carboxylic acids is 1. The number of ether oxygens (including phenoxy) is 4. The first kappa shape index (κ1) is 24.6. The second-order valence-corrected chi connectivity index (χ2v) is 8.41. The highest BCUT2D eigenvalue weighted by atomic mass is 32.2. The molecule has 2 aromatic carbocycles. The highest BCUT2D eigenvalue weighted by molar-refractivity contribution is 7.91. The van der Waals surface area contributed by atoms with Crippen molar-refractivity contribution < 1.29 is 42.4 Å². The lowest BCUT2D eigenvalue weighted by Crippen LogP contribution is -2.16. The van der Waals surface area contributed by atoms with Gasteiger partial charge in [0.15, 0.2) is 9.84 Å². The number of aromatic hydroxyl groups is 1. The molecule has 0 bridgehead atoms. The monoisotopic (exact) mass is 454 g/mol. The van der Waals surface area contributed by atoms with Gasteiger partial charge in [0.05, 0.1) is 50.3 Å². The average Bonchev–Trinajstić information content (AvgIpc) is 2.76. The van der Waals surface area contributed by atoms with Crippen molar-refractivity contribution in [2.75, 3.05) is 52.0 Å². The van der Waals surface area contributed by atoms with Crippen LogP contribution in [-0.2, 0) is 24.0 Å². The van der Waals surface area contributed by atoms with Crippen LogP contribution >= 0.6 is 0 Å². The zero-order chi connectivity index (χ0) is 22.5. The van der Waals surface area contributed by atoms with Crippen molar-refractivity contribution in [3.8, 4) is 11.5 Å². The Labute approximate surface area is 181 Å². The molecule has 0 heterocycles. The van der Waals surface area contributed by atoms with Gasteiger partial charge in [-0.2, -0.15) is 0 Å². The molecule has 2 rings (SSSR count). The molecule has 0 amide bonds. The molecule has 0 aliphatic heterocycles. The van der Waals surface area contributed by atoms with Crippen molar-refractivity contribution in [1.29, 1.82) is 0 Å². The average molecular weight is 454 g/mol. The minimum absolute atomic E-state index is 0.0882. The fourth-order valence-electron chi connectivity index (χ4n) is 2.45. The van der Waals surface area contributed by atoms with Crippen molar-refractivity contribution in [1.82, 2.24) is 0 Å². The Morgan fingerprint density at radius 2 is 1.39 bits per heavy atom. The van der Waals surface area contributed by atoms with Gasteiger partial charge in [0.25, 0.3) is 0 Å². The summed E-state index contributed by atoms with van der Waals surface area (Å²) in [6, 6.07) is 12.2. The highest BCUT2D eigenvalue weighted by Crippen LogP contribution is 2.22. The van der Waals surface area contributed by atoms with Crippen molar-refractivity contribution in [3.63, 3.8) is 0 Å². The molecule has 0 radical (unpaired) electrons. The molecule has 9 nitrogen and oxygen atoms in total. The standard InChI is InChI=1S/C21H26O9S/c22-20-7-6-17(16-19(20)21(23)24)30-13-12-28-9-8-27-10-11-29-14-15-31(25,26)18-4-2-1-3-5-18/h1-7,16,22H,8-15H2,(H,23,24). The van der Waals surface area contributed by atoms with Gasteiger partial charge in [-0.3, -0.25) is 0 Å². The molecular formula is C21H26O9S. The molecule has 0 saturated heterocycles. The van der Waals surface area contributed by atoms with Gasteiger partial charge in [-0.15, -0.1) is 0 Å². The summed E-state index contributed by atoms with van der Waals surface area (Å²) in [6.45, 7) is 1.85. The Bertz CT molecular complexity index is 914. The molecule has 170 valence electrons. The van der Waals surface area contributed by atoms with Crippen LogP contribution in [0.2, 0.25) is 0 Å². The van der Waals surface area contributed by atoms with E-state index >= 15 is 0 Å². The van der Waals surface area contributed by atoms with Gasteiger partial charge in [-0.25, -0.2) is 13.2 Å². The van der Waals surface area contributed by atoms with Crippen molar-refractivity contribution in [2.24, 2.45) is 0 Å². The van der Waals surface area contributed by atoms with Crippen LogP contribution < -0.4 is 4.74 Å². The van der Waals surface area contributed by atoms with Crippen molar-refractivity contribution in [2.45, 2.75) is 4.90 Å². The van der Waals surface area contributed by atoms with Crippen molar-refractivity contribution >= 4 is 15.8 Å². The van der Waals surface area contributed by atoms with E-state index < -0.39 is 15.8 Å². The fourth-order valence-corrected chi connectivity index (χ4v) is 3.60. The Kier molecular flexibility index (Phi) is 10.2. The molecule has 0 unspecified atom stereocenters. The van der Waals surface area contributed by atoms with Gasteiger partial charge in [-0.1, -0.05) is 18.2 Å². The van der Waals surface area contributed by atoms with Crippen LogP contribution in [0.3, 0.4) is 0 Å². The quantitative estimate of drug-likeness (QED) is 0.388.